The summed E-state index contributed by atoms with van der Waals surface area (Å²) in [6, 6.07) is 14.6. The highest BCUT2D eigenvalue weighted by Crippen LogP contribution is 2.17. The summed E-state index contributed by atoms with van der Waals surface area (Å²) in [6.45, 7) is 0.927. The summed E-state index contributed by atoms with van der Waals surface area (Å²) in [4.78, 5) is 15.4. The molecule has 27 heavy (non-hydrogen) atoms. The Labute approximate surface area is 154 Å². The number of amides is 1. The number of aromatic nitrogens is 1. The molecule has 0 radical (unpaired) electrons. The maximum atomic E-state index is 12.3. The summed E-state index contributed by atoms with van der Waals surface area (Å²) in [5, 5.41) is 3.80. The van der Waals surface area contributed by atoms with Crippen molar-refractivity contribution < 1.29 is 22.7 Å². The molecule has 0 aliphatic rings. The van der Waals surface area contributed by atoms with Crippen LogP contribution in [0.4, 0.5) is 13.2 Å². The maximum absolute atomic E-state index is 12.3. The zero-order valence-corrected chi connectivity index (χ0v) is 14.7. The lowest BCUT2D eigenvalue weighted by atomic mass is 10.1. The number of aromatic amines is 1. The van der Waals surface area contributed by atoms with Crippen molar-refractivity contribution in [1.82, 2.24) is 10.3 Å². The van der Waals surface area contributed by atoms with Crippen LogP contribution in [0.1, 0.15) is 27.2 Å². The van der Waals surface area contributed by atoms with Crippen molar-refractivity contribution in [3.8, 4) is 0 Å². The number of H-pyrrole nitrogens is 1. The maximum Gasteiger partial charge on any atom is 0.411 e. The van der Waals surface area contributed by atoms with Gasteiger partial charge in [0.2, 0.25) is 0 Å². The third-order valence-electron chi connectivity index (χ3n) is 4.03. The molecule has 0 aliphatic heterocycles. The lowest BCUT2D eigenvalue weighted by Gasteiger charge is -2.08. The van der Waals surface area contributed by atoms with Crippen molar-refractivity contribution in [3.05, 3.63) is 70.9 Å². The highest BCUT2D eigenvalue weighted by molar-refractivity contribution is 5.98. The molecule has 2 N–H and O–H groups in total. The number of aryl methyl sites for hydroxylation is 1. The van der Waals surface area contributed by atoms with Gasteiger partial charge in [-0.25, -0.2) is 0 Å². The van der Waals surface area contributed by atoms with Crippen LogP contribution in [0, 0.1) is 6.92 Å². The predicted molar refractivity (Wildman–Crippen MR) is 96.4 cm³/mol. The van der Waals surface area contributed by atoms with Crippen LogP contribution in [0.25, 0.3) is 10.9 Å². The molecular formula is C20H19F3N2O2. The minimum atomic E-state index is -4.33. The molecule has 0 fully saturated rings. The van der Waals surface area contributed by atoms with Crippen molar-refractivity contribution in [2.75, 3.05) is 6.61 Å². The molecule has 4 nitrogen and oxygen atoms in total. The van der Waals surface area contributed by atoms with E-state index in [9.17, 15) is 18.0 Å². The first-order valence-corrected chi connectivity index (χ1v) is 8.40. The van der Waals surface area contributed by atoms with Crippen LogP contribution in [0.2, 0.25) is 0 Å². The van der Waals surface area contributed by atoms with Crippen LogP contribution in [-0.2, 0) is 17.9 Å². The summed E-state index contributed by atoms with van der Waals surface area (Å²) in [5.41, 5.74) is 3.98. The fraction of sp³-hybridized carbons (Fsp3) is 0.250. The largest absolute Gasteiger partial charge is 0.411 e. The second-order valence-electron chi connectivity index (χ2n) is 6.38. The van der Waals surface area contributed by atoms with Gasteiger partial charge in [0, 0.05) is 17.4 Å². The lowest BCUT2D eigenvalue weighted by molar-refractivity contribution is -0.176. The van der Waals surface area contributed by atoms with Gasteiger partial charge in [0.25, 0.3) is 5.91 Å². The van der Waals surface area contributed by atoms with Gasteiger partial charge in [-0.1, -0.05) is 35.9 Å². The van der Waals surface area contributed by atoms with Gasteiger partial charge in [0.15, 0.2) is 0 Å². The summed E-state index contributed by atoms with van der Waals surface area (Å²) in [5.74, 6) is -0.221. The van der Waals surface area contributed by atoms with Gasteiger partial charge >= 0.3 is 6.18 Å². The Morgan fingerprint density at radius 3 is 2.48 bits per heavy atom. The molecule has 1 heterocycles. The number of rotatable bonds is 6. The number of benzene rings is 2. The van der Waals surface area contributed by atoms with Crippen LogP contribution >= 0.6 is 0 Å². The molecule has 0 spiro atoms. The third kappa shape index (κ3) is 5.34. The molecule has 3 aromatic rings. The first-order chi connectivity index (χ1) is 12.8. The second kappa shape index (κ2) is 7.84. The van der Waals surface area contributed by atoms with Gasteiger partial charge in [-0.3, -0.25) is 4.79 Å². The number of nitrogens with one attached hydrogen (secondary N) is 2. The molecule has 0 unspecified atom stereocenters. The average Bonchev–Trinajstić information content (AvgIpc) is 3.03. The van der Waals surface area contributed by atoms with Gasteiger partial charge in [0.05, 0.1) is 6.61 Å². The smallest absolute Gasteiger partial charge is 0.367 e. The Bertz CT molecular complexity index is 931. The summed E-state index contributed by atoms with van der Waals surface area (Å²) >= 11 is 0. The fourth-order valence-corrected chi connectivity index (χ4v) is 2.69. The van der Waals surface area contributed by atoms with E-state index in [2.05, 4.69) is 15.0 Å². The van der Waals surface area contributed by atoms with E-state index in [1.807, 2.05) is 25.1 Å². The van der Waals surface area contributed by atoms with Gasteiger partial charge in [-0.15, -0.1) is 0 Å². The van der Waals surface area contributed by atoms with Crippen molar-refractivity contribution in [2.45, 2.75) is 26.3 Å². The molecule has 1 aromatic heterocycles. The topological polar surface area (TPSA) is 54.1 Å². The van der Waals surface area contributed by atoms with Crippen molar-refractivity contribution in [1.29, 1.82) is 0 Å². The number of hydrogen-bond acceptors (Lipinski definition) is 2. The first kappa shape index (κ1) is 19.0. The Morgan fingerprint density at radius 2 is 1.78 bits per heavy atom. The van der Waals surface area contributed by atoms with E-state index in [4.69, 9.17) is 0 Å². The molecular weight excluding hydrogens is 357 g/mol. The Balaban J connectivity index is 1.53. The van der Waals surface area contributed by atoms with E-state index in [1.165, 1.54) is 0 Å². The van der Waals surface area contributed by atoms with E-state index < -0.39 is 12.8 Å². The Morgan fingerprint density at radius 1 is 1.07 bits per heavy atom. The van der Waals surface area contributed by atoms with Gasteiger partial charge in [-0.2, -0.15) is 13.2 Å². The minimum Gasteiger partial charge on any atom is -0.367 e. The molecule has 1 amide bonds. The molecule has 7 heteroatoms. The number of fused-ring (bicyclic) bond motifs is 1. The van der Waals surface area contributed by atoms with Crippen LogP contribution in [0.15, 0.2) is 48.5 Å². The zero-order valence-electron chi connectivity index (χ0n) is 14.7. The molecule has 0 atom stereocenters. The zero-order chi connectivity index (χ0) is 19.4. The Kier molecular flexibility index (Phi) is 5.51. The number of ether oxygens (including phenoxy) is 1. The summed E-state index contributed by atoms with van der Waals surface area (Å²) in [7, 11) is 0. The molecule has 3 rings (SSSR count). The Hall–Kier alpha value is -2.80. The molecule has 142 valence electrons. The standard InChI is InChI=1S/C20H19F3N2O2/c1-13-2-7-17-16(8-13)9-18(25-17)19(26)24-10-14-3-5-15(6-4-14)11-27-12-20(21,22)23/h2-9,25H,10-12H2,1H3,(H,24,26). The van der Waals surface area contributed by atoms with E-state index in [0.717, 1.165) is 22.0 Å². The number of halogens is 3. The SMILES string of the molecule is Cc1ccc2[nH]c(C(=O)NCc3ccc(COCC(F)(F)F)cc3)cc2c1. The normalized spacial score (nSPS) is 11.7. The number of alkyl halides is 3. The molecule has 0 bridgehead atoms. The fourth-order valence-electron chi connectivity index (χ4n) is 2.69. The average molecular weight is 376 g/mol. The number of hydrogen-bond donors (Lipinski definition) is 2. The van der Waals surface area contributed by atoms with Crippen molar-refractivity contribution in [3.63, 3.8) is 0 Å². The van der Waals surface area contributed by atoms with E-state index in [1.54, 1.807) is 30.3 Å². The van der Waals surface area contributed by atoms with Crippen LogP contribution in [0.5, 0.6) is 0 Å². The highest BCUT2D eigenvalue weighted by Gasteiger charge is 2.27. The van der Waals surface area contributed by atoms with Gasteiger partial charge < -0.3 is 15.0 Å². The monoisotopic (exact) mass is 376 g/mol. The second-order valence-corrected chi connectivity index (χ2v) is 6.38. The van der Waals surface area contributed by atoms with Gasteiger partial charge in [-0.05, 0) is 36.2 Å². The molecule has 0 saturated heterocycles. The lowest BCUT2D eigenvalue weighted by Crippen LogP contribution is -2.23. The number of carbonyl (C=O) groups is 1. The van der Waals surface area contributed by atoms with E-state index in [-0.39, 0.29) is 12.5 Å². The van der Waals surface area contributed by atoms with Crippen molar-refractivity contribution >= 4 is 16.8 Å². The highest BCUT2D eigenvalue weighted by atomic mass is 19.4. The molecule has 0 aliphatic carbocycles. The van der Waals surface area contributed by atoms with Crippen LogP contribution in [-0.4, -0.2) is 23.7 Å². The summed E-state index contributed by atoms with van der Waals surface area (Å²) < 4.78 is 40.8. The van der Waals surface area contributed by atoms with E-state index >= 15 is 0 Å². The first-order valence-electron chi connectivity index (χ1n) is 8.40. The minimum absolute atomic E-state index is 0.110. The van der Waals surface area contributed by atoms with Gasteiger partial charge in [0.1, 0.15) is 12.3 Å². The summed E-state index contributed by atoms with van der Waals surface area (Å²) in [6.07, 6.45) is -4.33. The van der Waals surface area contributed by atoms with Crippen molar-refractivity contribution in [2.24, 2.45) is 0 Å². The third-order valence-corrected chi connectivity index (χ3v) is 4.03. The molecule has 0 saturated carbocycles. The quantitative estimate of drug-likeness (QED) is 0.666. The molecule has 2 aromatic carbocycles. The van der Waals surface area contributed by atoms with Crippen LogP contribution < -0.4 is 5.32 Å². The van der Waals surface area contributed by atoms with Crippen LogP contribution in [0.3, 0.4) is 0 Å². The predicted octanol–water partition coefficient (Wildman–Crippen LogP) is 4.49. The van der Waals surface area contributed by atoms with E-state index in [0.29, 0.717) is 17.8 Å². The number of carbonyl (C=O) groups excluding carboxylic acids is 1.